The Labute approximate surface area is 175 Å². The molecule has 0 spiro atoms. The third-order valence-electron chi connectivity index (χ3n) is 4.04. The minimum Gasteiger partial charge on any atom is -0.352 e. The summed E-state index contributed by atoms with van der Waals surface area (Å²) < 4.78 is 28.6. The summed E-state index contributed by atoms with van der Waals surface area (Å²) in [7, 11) is -3.93. The van der Waals surface area contributed by atoms with Crippen molar-refractivity contribution in [3.05, 3.63) is 70.3 Å². The van der Waals surface area contributed by atoms with Crippen LogP contribution in [0.4, 0.5) is 5.69 Å². The Bertz CT molecular complexity index is 1080. The van der Waals surface area contributed by atoms with Gasteiger partial charge in [0.05, 0.1) is 11.5 Å². The van der Waals surface area contributed by atoms with Crippen molar-refractivity contribution >= 4 is 21.6 Å². The van der Waals surface area contributed by atoms with E-state index in [4.69, 9.17) is 4.84 Å². The van der Waals surface area contributed by atoms with Gasteiger partial charge in [0.2, 0.25) is 5.91 Å². The summed E-state index contributed by atoms with van der Waals surface area (Å²) >= 11 is 0. The SMILES string of the molecule is C=C(C)NOCCNC(=O)Cn1c(C)ccc(NS(=O)(=O)c2ccc(C)cc2)c1=O. The van der Waals surface area contributed by atoms with Crippen molar-refractivity contribution in [3.63, 3.8) is 0 Å². The van der Waals surface area contributed by atoms with Gasteiger partial charge in [-0.25, -0.2) is 8.42 Å². The van der Waals surface area contributed by atoms with Crippen LogP contribution in [0.1, 0.15) is 18.2 Å². The highest BCUT2D eigenvalue weighted by Gasteiger charge is 2.18. The fourth-order valence-electron chi connectivity index (χ4n) is 2.48. The van der Waals surface area contributed by atoms with Crippen molar-refractivity contribution in [2.45, 2.75) is 32.2 Å². The van der Waals surface area contributed by atoms with Crippen molar-refractivity contribution in [2.75, 3.05) is 17.9 Å². The van der Waals surface area contributed by atoms with Crippen LogP contribution < -0.4 is 21.1 Å². The van der Waals surface area contributed by atoms with Gasteiger partial charge in [0, 0.05) is 17.9 Å². The molecule has 0 aliphatic rings. The van der Waals surface area contributed by atoms with Gasteiger partial charge in [-0.05, 0) is 45.0 Å². The largest absolute Gasteiger partial charge is 0.352 e. The number of aryl methyl sites for hydroxylation is 2. The van der Waals surface area contributed by atoms with Crippen LogP contribution in [0.2, 0.25) is 0 Å². The van der Waals surface area contributed by atoms with E-state index in [2.05, 4.69) is 22.1 Å². The molecule has 1 heterocycles. The second-order valence-corrected chi connectivity index (χ2v) is 8.46. The van der Waals surface area contributed by atoms with Gasteiger partial charge < -0.3 is 9.88 Å². The maximum atomic E-state index is 12.8. The summed E-state index contributed by atoms with van der Waals surface area (Å²) in [5.74, 6) is -0.405. The molecule has 0 aliphatic heterocycles. The van der Waals surface area contributed by atoms with Crippen LogP contribution in [0.3, 0.4) is 0 Å². The molecule has 0 radical (unpaired) electrons. The van der Waals surface area contributed by atoms with E-state index in [1.54, 1.807) is 32.0 Å². The Morgan fingerprint density at radius 3 is 2.43 bits per heavy atom. The molecule has 0 unspecified atom stereocenters. The van der Waals surface area contributed by atoms with Gasteiger partial charge in [0.1, 0.15) is 12.2 Å². The number of hydroxylamine groups is 1. The number of hydrogen-bond acceptors (Lipinski definition) is 6. The van der Waals surface area contributed by atoms with Crippen LogP contribution in [0.25, 0.3) is 0 Å². The maximum Gasteiger partial charge on any atom is 0.275 e. The molecule has 162 valence electrons. The molecule has 2 aromatic rings. The summed E-state index contributed by atoms with van der Waals surface area (Å²) in [6, 6.07) is 9.21. The standard InChI is InChI=1S/C20H26N4O5S/c1-14(2)22-29-12-11-21-19(25)13-24-16(4)7-10-18(20(24)26)23-30(27,28)17-8-5-15(3)6-9-17/h5-10,22-23H,1,11-13H2,2-4H3,(H,21,25). The van der Waals surface area contributed by atoms with E-state index >= 15 is 0 Å². The molecule has 10 heteroatoms. The topological polar surface area (TPSA) is 119 Å². The van der Waals surface area contributed by atoms with E-state index in [9.17, 15) is 18.0 Å². The first kappa shape index (κ1) is 23.2. The second-order valence-electron chi connectivity index (χ2n) is 6.78. The number of carbonyl (C=O) groups excluding carboxylic acids is 1. The Morgan fingerprint density at radius 2 is 1.80 bits per heavy atom. The molecule has 9 nitrogen and oxygen atoms in total. The number of anilines is 1. The summed E-state index contributed by atoms with van der Waals surface area (Å²) in [5, 5.41) is 2.63. The molecule has 2 rings (SSSR count). The lowest BCUT2D eigenvalue weighted by Crippen LogP contribution is -2.36. The second kappa shape index (κ2) is 10.1. The van der Waals surface area contributed by atoms with E-state index in [0.717, 1.165) is 5.56 Å². The highest BCUT2D eigenvalue weighted by Crippen LogP contribution is 2.14. The average Bonchev–Trinajstić information content (AvgIpc) is 2.67. The zero-order valence-electron chi connectivity index (χ0n) is 17.2. The van der Waals surface area contributed by atoms with Crippen LogP contribution in [0.5, 0.6) is 0 Å². The van der Waals surface area contributed by atoms with Crippen molar-refractivity contribution < 1.29 is 18.0 Å². The molecule has 30 heavy (non-hydrogen) atoms. The van der Waals surface area contributed by atoms with Gasteiger partial charge in [-0.3, -0.25) is 24.6 Å². The van der Waals surface area contributed by atoms with Gasteiger partial charge in [0.15, 0.2) is 0 Å². The molecule has 1 aromatic heterocycles. The Balaban J connectivity index is 2.09. The number of hydrogen-bond donors (Lipinski definition) is 3. The first-order valence-corrected chi connectivity index (χ1v) is 10.7. The number of benzene rings is 1. The molecule has 1 aromatic carbocycles. The molecular formula is C20H26N4O5S. The van der Waals surface area contributed by atoms with Crippen molar-refractivity contribution in [1.29, 1.82) is 0 Å². The highest BCUT2D eigenvalue weighted by molar-refractivity contribution is 7.92. The molecular weight excluding hydrogens is 408 g/mol. The number of carbonyl (C=O) groups is 1. The first-order valence-electron chi connectivity index (χ1n) is 9.20. The number of amides is 1. The van der Waals surface area contributed by atoms with E-state index in [1.165, 1.54) is 22.8 Å². The highest BCUT2D eigenvalue weighted by atomic mass is 32.2. The zero-order valence-corrected chi connectivity index (χ0v) is 18.0. The Kier molecular flexibility index (Phi) is 7.79. The lowest BCUT2D eigenvalue weighted by atomic mass is 10.2. The Morgan fingerprint density at radius 1 is 1.13 bits per heavy atom. The van der Waals surface area contributed by atoms with Crippen molar-refractivity contribution in [2.24, 2.45) is 0 Å². The molecule has 0 saturated carbocycles. The molecule has 0 fully saturated rings. The smallest absolute Gasteiger partial charge is 0.275 e. The number of pyridine rings is 1. The first-order chi connectivity index (χ1) is 14.1. The summed E-state index contributed by atoms with van der Waals surface area (Å²) in [5.41, 5.74) is 3.89. The summed E-state index contributed by atoms with van der Waals surface area (Å²) in [6.07, 6.45) is 0. The number of nitrogens with zero attached hydrogens (tertiary/aromatic N) is 1. The van der Waals surface area contributed by atoms with Gasteiger partial charge in [-0.2, -0.15) is 0 Å². The van der Waals surface area contributed by atoms with Gasteiger partial charge >= 0.3 is 0 Å². The fraction of sp³-hybridized carbons (Fsp3) is 0.300. The molecule has 0 saturated heterocycles. The number of rotatable bonds is 10. The third-order valence-corrected chi connectivity index (χ3v) is 5.42. The third kappa shape index (κ3) is 6.46. The van der Waals surface area contributed by atoms with E-state index in [1.807, 2.05) is 6.92 Å². The number of sulfonamides is 1. The normalized spacial score (nSPS) is 11.0. The van der Waals surface area contributed by atoms with Crippen LogP contribution >= 0.6 is 0 Å². The monoisotopic (exact) mass is 434 g/mol. The minimum absolute atomic E-state index is 0.0424. The lowest BCUT2D eigenvalue weighted by molar-refractivity contribution is -0.122. The average molecular weight is 435 g/mol. The minimum atomic E-state index is -3.93. The molecule has 0 atom stereocenters. The molecule has 3 N–H and O–H groups in total. The predicted octanol–water partition coefficient (Wildman–Crippen LogP) is 1.44. The fourth-order valence-corrected chi connectivity index (χ4v) is 3.54. The van der Waals surface area contributed by atoms with Crippen LogP contribution in [0.15, 0.2) is 58.4 Å². The Hall–Kier alpha value is -3.11. The predicted molar refractivity (Wildman–Crippen MR) is 114 cm³/mol. The number of nitrogens with one attached hydrogen (secondary N) is 3. The van der Waals surface area contributed by atoms with Crippen LogP contribution in [-0.2, 0) is 26.2 Å². The maximum absolute atomic E-state index is 12.8. The number of aromatic nitrogens is 1. The van der Waals surface area contributed by atoms with E-state index < -0.39 is 21.5 Å². The quantitative estimate of drug-likeness (QED) is 0.385. The van der Waals surface area contributed by atoms with Gasteiger partial charge in [-0.1, -0.05) is 24.3 Å². The lowest BCUT2D eigenvalue weighted by Gasteiger charge is -2.14. The van der Waals surface area contributed by atoms with Crippen molar-refractivity contribution in [3.8, 4) is 0 Å². The summed E-state index contributed by atoms with van der Waals surface area (Å²) in [4.78, 5) is 30.0. The molecule has 1 amide bonds. The van der Waals surface area contributed by atoms with Crippen molar-refractivity contribution in [1.82, 2.24) is 15.4 Å². The van der Waals surface area contributed by atoms with Gasteiger partial charge in [-0.15, -0.1) is 0 Å². The zero-order chi connectivity index (χ0) is 22.3. The number of allylic oxidation sites excluding steroid dienone is 1. The summed E-state index contributed by atoms with van der Waals surface area (Å²) in [6.45, 7) is 9.03. The van der Waals surface area contributed by atoms with Crippen LogP contribution in [0, 0.1) is 13.8 Å². The van der Waals surface area contributed by atoms with Gasteiger partial charge in [0.25, 0.3) is 15.6 Å². The van der Waals surface area contributed by atoms with E-state index in [-0.39, 0.29) is 30.3 Å². The molecule has 0 bridgehead atoms. The van der Waals surface area contributed by atoms with Crippen LogP contribution in [-0.4, -0.2) is 32.0 Å². The molecule has 0 aliphatic carbocycles. The van der Waals surface area contributed by atoms with E-state index in [0.29, 0.717) is 11.4 Å².